The van der Waals surface area contributed by atoms with Crippen LogP contribution in [0.5, 0.6) is 5.75 Å². The predicted octanol–water partition coefficient (Wildman–Crippen LogP) is 3.45. The topological polar surface area (TPSA) is 86.1 Å². The zero-order chi connectivity index (χ0) is 21.1. The van der Waals surface area contributed by atoms with Gasteiger partial charge in [-0.25, -0.2) is 9.18 Å². The van der Waals surface area contributed by atoms with Crippen molar-refractivity contribution in [3.8, 4) is 5.75 Å². The molecule has 8 heteroatoms. The number of amides is 2. The summed E-state index contributed by atoms with van der Waals surface area (Å²) in [5, 5.41) is 0. The molecule has 1 aliphatic heterocycles. The third kappa shape index (κ3) is 3.93. The number of esters is 1. The van der Waals surface area contributed by atoms with Crippen LogP contribution in [0.1, 0.15) is 36.8 Å². The molecule has 152 valence electrons. The van der Waals surface area contributed by atoms with Crippen molar-refractivity contribution in [2.45, 2.75) is 6.54 Å². The van der Waals surface area contributed by atoms with Crippen molar-refractivity contribution in [3.63, 3.8) is 0 Å². The largest absolute Gasteiger partial charge is 0.490 e. The second-order valence-electron chi connectivity index (χ2n) is 6.47. The SMILES string of the molecule is O=C(OCCOc1ccc(F)cc1)c1ccc2c(c1)C(=O)N(Cc1ccco1)C2=O. The predicted molar refractivity (Wildman–Crippen MR) is 102 cm³/mol. The lowest BCUT2D eigenvalue weighted by molar-refractivity contribution is 0.0450. The van der Waals surface area contributed by atoms with Gasteiger partial charge < -0.3 is 13.9 Å². The normalized spacial score (nSPS) is 12.8. The fourth-order valence-electron chi connectivity index (χ4n) is 3.03. The summed E-state index contributed by atoms with van der Waals surface area (Å²) in [7, 11) is 0. The van der Waals surface area contributed by atoms with Crippen LogP contribution in [0.4, 0.5) is 4.39 Å². The van der Waals surface area contributed by atoms with E-state index in [1.54, 1.807) is 12.1 Å². The van der Waals surface area contributed by atoms with Crippen LogP contribution in [0.25, 0.3) is 0 Å². The molecule has 0 fully saturated rings. The number of hydrogen-bond donors (Lipinski definition) is 0. The minimum Gasteiger partial charge on any atom is -0.490 e. The number of fused-ring (bicyclic) bond motifs is 1. The Bertz CT molecular complexity index is 1090. The first-order valence-electron chi connectivity index (χ1n) is 9.11. The summed E-state index contributed by atoms with van der Waals surface area (Å²) in [5.74, 6) is -1.04. The van der Waals surface area contributed by atoms with Crippen molar-refractivity contribution in [3.05, 3.63) is 89.1 Å². The van der Waals surface area contributed by atoms with E-state index < -0.39 is 17.8 Å². The minimum atomic E-state index is -0.648. The van der Waals surface area contributed by atoms with E-state index in [-0.39, 0.29) is 42.3 Å². The first-order valence-corrected chi connectivity index (χ1v) is 9.11. The van der Waals surface area contributed by atoms with E-state index in [1.165, 1.54) is 48.7 Å². The first-order chi connectivity index (χ1) is 14.5. The van der Waals surface area contributed by atoms with Gasteiger partial charge in [0.2, 0.25) is 0 Å². The molecule has 2 aromatic carbocycles. The van der Waals surface area contributed by atoms with Gasteiger partial charge in [0.1, 0.15) is 30.5 Å². The van der Waals surface area contributed by atoms with E-state index in [0.29, 0.717) is 11.5 Å². The lowest BCUT2D eigenvalue weighted by atomic mass is 10.1. The highest BCUT2D eigenvalue weighted by Crippen LogP contribution is 2.26. The molecular weight excluding hydrogens is 393 g/mol. The van der Waals surface area contributed by atoms with Crippen LogP contribution in [-0.2, 0) is 11.3 Å². The van der Waals surface area contributed by atoms with Crippen LogP contribution in [0.2, 0.25) is 0 Å². The molecule has 0 spiro atoms. The highest BCUT2D eigenvalue weighted by molar-refractivity contribution is 6.21. The number of hydrogen-bond acceptors (Lipinski definition) is 6. The number of benzene rings is 2. The minimum absolute atomic E-state index is 0.0137. The van der Waals surface area contributed by atoms with Crippen LogP contribution in [0.15, 0.2) is 65.3 Å². The van der Waals surface area contributed by atoms with Crippen LogP contribution in [0.3, 0.4) is 0 Å². The van der Waals surface area contributed by atoms with Crippen LogP contribution >= 0.6 is 0 Å². The van der Waals surface area contributed by atoms with Crippen LogP contribution in [0, 0.1) is 5.82 Å². The Kier molecular flexibility index (Phi) is 5.30. The molecule has 7 nitrogen and oxygen atoms in total. The highest BCUT2D eigenvalue weighted by Gasteiger charge is 2.36. The number of halogens is 1. The van der Waals surface area contributed by atoms with Gasteiger partial charge in [0.15, 0.2) is 0 Å². The fraction of sp³-hybridized carbons (Fsp3) is 0.136. The smallest absolute Gasteiger partial charge is 0.338 e. The number of nitrogens with zero attached hydrogens (tertiary/aromatic N) is 1. The quantitative estimate of drug-likeness (QED) is 0.338. The number of imide groups is 1. The molecule has 2 heterocycles. The highest BCUT2D eigenvalue weighted by atomic mass is 19.1. The maximum atomic E-state index is 12.9. The van der Waals surface area contributed by atoms with Gasteiger partial charge in [0.05, 0.1) is 29.5 Å². The molecule has 0 saturated carbocycles. The Labute approximate surface area is 170 Å². The summed E-state index contributed by atoms with van der Waals surface area (Å²) < 4.78 is 28.6. The van der Waals surface area contributed by atoms with Gasteiger partial charge in [-0.15, -0.1) is 0 Å². The van der Waals surface area contributed by atoms with Gasteiger partial charge in [-0.2, -0.15) is 0 Å². The standard InChI is InChI=1S/C22H16FNO6/c23-15-4-6-16(7-5-15)29-10-11-30-22(27)14-3-8-18-19(12-14)21(26)24(20(18)25)13-17-2-1-9-28-17/h1-9,12H,10-11,13H2. The van der Waals surface area contributed by atoms with E-state index in [0.717, 1.165) is 4.90 Å². The number of rotatable bonds is 7. The molecule has 0 unspecified atom stereocenters. The van der Waals surface area contributed by atoms with Gasteiger partial charge in [-0.05, 0) is 54.6 Å². The molecule has 0 bridgehead atoms. The van der Waals surface area contributed by atoms with Crippen LogP contribution < -0.4 is 4.74 Å². The third-order valence-corrected chi connectivity index (χ3v) is 4.50. The van der Waals surface area contributed by atoms with Crippen molar-refractivity contribution in [2.24, 2.45) is 0 Å². The second-order valence-corrected chi connectivity index (χ2v) is 6.47. The summed E-state index contributed by atoms with van der Waals surface area (Å²) in [6.07, 6.45) is 1.46. The van der Waals surface area contributed by atoms with E-state index in [9.17, 15) is 18.8 Å². The summed E-state index contributed by atoms with van der Waals surface area (Å²) in [6, 6.07) is 13.0. The number of furan rings is 1. The molecule has 2 amide bonds. The molecular formula is C22H16FNO6. The second kappa shape index (κ2) is 8.20. The zero-order valence-electron chi connectivity index (χ0n) is 15.7. The van der Waals surface area contributed by atoms with Gasteiger partial charge in [-0.3, -0.25) is 14.5 Å². The van der Waals surface area contributed by atoms with Gasteiger partial charge in [0.25, 0.3) is 11.8 Å². The maximum absolute atomic E-state index is 12.9. The lowest BCUT2D eigenvalue weighted by Gasteiger charge is -2.11. The number of carbonyl (C=O) groups is 3. The number of carbonyl (C=O) groups excluding carboxylic acids is 3. The Balaban J connectivity index is 1.36. The average Bonchev–Trinajstić information content (AvgIpc) is 3.35. The zero-order valence-corrected chi connectivity index (χ0v) is 15.7. The first kappa shape index (κ1) is 19.4. The summed E-state index contributed by atoms with van der Waals surface area (Å²) in [5.41, 5.74) is 0.517. The summed E-state index contributed by atoms with van der Waals surface area (Å²) >= 11 is 0. The molecule has 30 heavy (non-hydrogen) atoms. The van der Waals surface area contributed by atoms with E-state index in [1.807, 2.05) is 0 Å². The van der Waals surface area contributed by atoms with E-state index in [2.05, 4.69) is 0 Å². The van der Waals surface area contributed by atoms with Gasteiger partial charge >= 0.3 is 5.97 Å². The fourth-order valence-corrected chi connectivity index (χ4v) is 3.03. The Morgan fingerprint density at radius 1 is 0.967 bits per heavy atom. The van der Waals surface area contributed by atoms with E-state index >= 15 is 0 Å². The Morgan fingerprint density at radius 3 is 2.47 bits per heavy atom. The van der Waals surface area contributed by atoms with Crippen molar-refractivity contribution < 1.29 is 32.7 Å². The summed E-state index contributed by atoms with van der Waals surface area (Å²) in [6.45, 7) is 0.0568. The molecule has 0 aliphatic carbocycles. The van der Waals surface area contributed by atoms with E-state index in [4.69, 9.17) is 13.9 Å². The van der Waals surface area contributed by atoms with Gasteiger partial charge in [0, 0.05) is 0 Å². The molecule has 0 N–H and O–H groups in total. The molecule has 0 radical (unpaired) electrons. The Morgan fingerprint density at radius 2 is 1.73 bits per heavy atom. The maximum Gasteiger partial charge on any atom is 0.338 e. The molecule has 3 aromatic rings. The molecule has 1 aromatic heterocycles. The average molecular weight is 409 g/mol. The lowest BCUT2D eigenvalue weighted by Crippen LogP contribution is -2.28. The van der Waals surface area contributed by atoms with Crippen molar-refractivity contribution in [2.75, 3.05) is 13.2 Å². The Hall–Kier alpha value is -3.94. The van der Waals surface area contributed by atoms with Crippen molar-refractivity contribution in [1.29, 1.82) is 0 Å². The number of ether oxygens (including phenoxy) is 2. The molecule has 0 saturated heterocycles. The van der Waals surface area contributed by atoms with Crippen LogP contribution in [-0.4, -0.2) is 35.9 Å². The third-order valence-electron chi connectivity index (χ3n) is 4.50. The molecule has 4 rings (SSSR count). The van der Waals surface area contributed by atoms with Crippen molar-refractivity contribution >= 4 is 17.8 Å². The molecule has 1 aliphatic rings. The van der Waals surface area contributed by atoms with Crippen molar-refractivity contribution in [1.82, 2.24) is 4.90 Å². The molecule has 0 atom stereocenters. The summed E-state index contributed by atoms with van der Waals surface area (Å²) in [4.78, 5) is 38.4. The monoisotopic (exact) mass is 409 g/mol. The van der Waals surface area contributed by atoms with Gasteiger partial charge in [-0.1, -0.05) is 0 Å².